The number of nitrogens with zero attached hydrogens (tertiary/aromatic N) is 2. The van der Waals surface area contributed by atoms with Gasteiger partial charge in [0.15, 0.2) is 11.5 Å². The minimum absolute atomic E-state index is 0.111. The number of carbonyl (C=O) groups is 1. The highest BCUT2D eigenvalue weighted by Crippen LogP contribution is 2.30. The van der Waals surface area contributed by atoms with E-state index < -0.39 is 12.0 Å². The van der Waals surface area contributed by atoms with Crippen LogP contribution in [0, 0.1) is 19.7 Å². The Morgan fingerprint density at radius 1 is 1.17 bits per heavy atom. The maximum atomic E-state index is 14.2. The van der Waals surface area contributed by atoms with Crippen LogP contribution >= 0.6 is 0 Å². The molecule has 0 saturated heterocycles. The third-order valence-corrected chi connectivity index (χ3v) is 4.74. The van der Waals surface area contributed by atoms with E-state index >= 15 is 0 Å². The van der Waals surface area contributed by atoms with Crippen molar-refractivity contribution in [2.24, 2.45) is 5.10 Å². The molecule has 2 heterocycles. The second kappa shape index (κ2) is 7.79. The molecule has 2 aromatic carbocycles. The predicted molar refractivity (Wildman–Crippen MR) is 107 cm³/mol. The van der Waals surface area contributed by atoms with Gasteiger partial charge >= 0.3 is 0 Å². The smallest absolute Gasteiger partial charge is 0.284 e. The summed E-state index contributed by atoms with van der Waals surface area (Å²) < 4.78 is 27.2. The molecule has 7 heteroatoms. The van der Waals surface area contributed by atoms with Crippen LogP contribution in [0.4, 0.5) is 4.39 Å². The van der Waals surface area contributed by atoms with Crippen LogP contribution in [-0.4, -0.2) is 29.4 Å². The number of fused-ring (bicyclic) bond motifs is 1. The van der Waals surface area contributed by atoms with E-state index in [2.05, 4.69) is 10.5 Å². The zero-order chi connectivity index (χ0) is 20.4. The SMILES string of the molecule is Cc1cc(/C=N\NC(=O)[C@H]2COc3ccccc3O2)c(C)n1-c1ccccc1F. The average Bonchev–Trinajstić information content (AvgIpc) is 3.01. The van der Waals surface area contributed by atoms with Crippen molar-refractivity contribution in [1.82, 2.24) is 9.99 Å². The summed E-state index contributed by atoms with van der Waals surface area (Å²) in [7, 11) is 0. The van der Waals surface area contributed by atoms with Crippen molar-refractivity contribution >= 4 is 12.1 Å². The summed E-state index contributed by atoms with van der Waals surface area (Å²) in [5.41, 5.74) is 5.40. The van der Waals surface area contributed by atoms with E-state index in [-0.39, 0.29) is 12.4 Å². The van der Waals surface area contributed by atoms with Gasteiger partial charge in [-0.05, 0) is 44.2 Å². The molecule has 0 radical (unpaired) electrons. The Balaban J connectivity index is 1.46. The van der Waals surface area contributed by atoms with Crippen LogP contribution in [0.25, 0.3) is 5.69 Å². The van der Waals surface area contributed by atoms with Gasteiger partial charge in [0.25, 0.3) is 5.91 Å². The Labute approximate surface area is 167 Å². The minimum Gasteiger partial charge on any atom is -0.485 e. The van der Waals surface area contributed by atoms with Gasteiger partial charge < -0.3 is 14.0 Å². The van der Waals surface area contributed by atoms with Crippen LogP contribution in [0.2, 0.25) is 0 Å². The number of aromatic nitrogens is 1. The van der Waals surface area contributed by atoms with Gasteiger partial charge in [-0.15, -0.1) is 0 Å². The molecular formula is C22H20FN3O3. The predicted octanol–water partition coefficient (Wildman–Crippen LogP) is 3.52. The molecule has 6 nitrogen and oxygen atoms in total. The number of hydrogen-bond donors (Lipinski definition) is 1. The number of hydrazone groups is 1. The van der Waals surface area contributed by atoms with Crippen LogP contribution < -0.4 is 14.9 Å². The zero-order valence-corrected chi connectivity index (χ0v) is 16.1. The molecule has 29 heavy (non-hydrogen) atoms. The van der Waals surface area contributed by atoms with Crippen LogP contribution in [0.3, 0.4) is 0 Å². The molecule has 1 amide bonds. The molecule has 0 spiro atoms. The van der Waals surface area contributed by atoms with Crippen molar-refractivity contribution in [3.63, 3.8) is 0 Å². The Morgan fingerprint density at radius 3 is 2.69 bits per heavy atom. The first-order chi connectivity index (χ1) is 14.0. The summed E-state index contributed by atoms with van der Waals surface area (Å²) in [4.78, 5) is 12.3. The standard InChI is InChI=1S/C22H20FN3O3/c1-14-11-16(15(2)26(14)18-8-4-3-7-17(18)23)12-24-25-22(27)21-13-28-19-9-5-6-10-20(19)29-21/h3-12,21H,13H2,1-2H3,(H,25,27)/b24-12-/t21-/m1/s1. The van der Waals surface area contributed by atoms with E-state index in [1.165, 1.54) is 12.3 Å². The molecule has 3 aromatic rings. The highest BCUT2D eigenvalue weighted by molar-refractivity contribution is 5.86. The van der Waals surface area contributed by atoms with Crippen molar-refractivity contribution in [3.05, 3.63) is 77.4 Å². The summed E-state index contributed by atoms with van der Waals surface area (Å²) in [5, 5.41) is 4.04. The molecule has 0 fully saturated rings. The van der Waals surface area contributed by atoms with Crippen molar-refractivity contribution < 1.29 is 18.7 Å². The number of aryl methyl sites for hydroxylation is 1. The van der Waals surface area contributed by atoms with E-state index in [1.807, 2.05) is 36.6 Å². The monoisotopic (exact) mass is 393 g/mol. The number of benzene rings is 2. The number of para-hydroxylation sites is 3. The summed E-state index contributed by atoms with van der Waals surface area (Å²) in [5.74, 6) is 0.427. The van der Waals surface area contributed by atoms with Gasteiger partial charge in [-0.1, -0.05) is 24.3 Å². The third-order valence-electron chi connectivity index (χ3n) is 4.74. The van der Waals surface area contributed by atoms with Gasteiger partial charge in [-0.25, -0.2) is 9.82 Å². The summed E-state index contributed by atoms with van der Waals surface area (Å²) in [6.07, 6.45) is 0.753. The van der Waals surface area contributed by atoms with E-state index in [0.29, 0.717) is 17.2 Å². The first kappa shape index (κ1) is 18.7. The number of nitrogens with one attached hydrogen (secondary N) is 1. The fraction of sp³-hybridized carbons (Fsp3) is 0.182. The van der Waals surface area contributed by atoms with Gasteiger partial charge in [-0.2, -0.15) is 5.10 Å². The Kier molecular flexibility index (Phi) is 5.03. The molecule has 0 saturated carbocycles. The summed E-state index contributed by atoms with van der Waals surface area (Å²) in [6, 6.07) is 15.6. The normalized spacial score (nSPS) is 15.5. The first-order valence-electron chi connectivity index (χ1n) is 9.20. The van der Waals surface area contributed by atoms with Crippen LogP contribution in [0.15, 0.2) is 59.7 Å². The second-order valence-corrected chi connectivity index (χ2v) is 6.71. The highest BCUT2D eigenvalue weighted by atomic mass is 19.1. The van der Waals surface area contributed by atoms with Gasteiger partial charge in [-0.3, -0.25) is 4.79 Å². The van der Waals surface area contributed by atoms with E-state index in [4.69, 9.17) is 9.47 Å². The topological polar surface area (TPSA) is 64.8 Å². The lowest BCUT2D eigenvalue weighted by atomic mass is 10.2. The molecule has 1 aliphatic rings. The summed E-state index contributed by atoms with van der Waals surface area (Å²) in [6.45, 7) is 3.87. The van der Waals surface area contributed by atoms with E-state index in [1.54, 1.807) is 30.3 Å². The average molecular weight is 393 g/mol. The lowest BCUT2D eigenvalue weighted by Crippen LogP contribution is -2.42. The molecule has 1 atom stereocenters. The molecular weight excluding hydrogens is 373 g/mol. The molecule has 0 unspecified atom stereocenters. The van der Waals surface area contributed by atoms with Crippen LogP contribution in [0.1, 0.15) is 17.0 Å². The zero-order valence-electron chi connectivity index (χ0n) is 16.1. The number of hydrogen-bond acceptors (Lipinski definition) is 4. The van der Waals surface area contributed by atoms with Gasteiger partial charge in [0, 0.05) is 17.0 Å². The van der Waals surface area contributed by atoms with E-state index in [0.717, 1.165) is 17.0 Å². The Morgan fingerprint density at radius 2 is 1.90 bits per heavy atom. The Bertz CT molecular complexity index is 1090. The van der Waals surface area contributed by atoms with Gasteiger partial charge in [0.05, 0.1) is 11.9 Å². The third kappa shape index (κ3) is 3.71. The van der Waals surface area contributed by atoms with Gasteiger partial charge in [0.2, 0.25) is 6.10 Å². The number of rotatable bonds is 4. The molecule has 148 valence electrons. The van der Waals surface area contributed by atoms with Crippen molar-refractivity contribution in [3.8, 4) is 17.2 Å². The van der Waals surface area contributed by atoms with E-state index in [9.17, 15) is 9.18 Å². The minimum atomic E-state index is -0.784. The molecule has 1 aliphatic heterocycles. The number of halogens is 1. The van der Waals surface area contributed by atoms with Crippen molar-refractivity contribution in [1.29, 1.82) is 0 Å². The van der Waals surface area contributed by atoms with Crippen molar-refractivity contribution in [2.75, 3.05) is 6.61 Å². The lowest BCUT2D eigenvalue weighted by Gasteiger charge is -2.24. The number of amides is 1. The molecule has 4 rings (SSSR count). The second-order valence-electron chi connectivity index (χ2n) is 6.71. The van der Waals surface area contributed by atoms with Crippen LogP contribution in [0.5, 0.6) is 11.5 Å². The highest BCUT2D eigenvalue weighted by Gasteiger charge is 2.27. The molecule has 0 bridgehead atoms. The quantitative estimate of drug-likeness (QED) is 0.545. The molecule has 1 aromatic heterocycles. The largest absolute Gasteiger partial charge is 0.485 e. The lowest BCUT2D eigenvalue weighted by molar-refractivity contribution is -0.130. The fourth-order valence-electron chi connectivity index (χ4n) is 3.31. The molecule has 0 aliphatic carbocycles. The Hall–Kier alpha value is -3.61. The number of ether oxygens (including phenoxy) is 2. The molecule has 1 N–H and O–H groups in total. The van der Waals surface area contributed by atoms with Crippen molar-refractivity contribution in [2.45, 2.75) is 20.0 Å². The fourth-order valence-corrected chi connectivity index (χ4v) is 3.31. The maximum absolute atomic E-state index is 14.2. The van der Waals surface area contributed by atoms with Crippen LogP contribution in [-0.2, 0) is 4.79 Å². The number of carbonyl (C=O) groups excluding carboxylic acids is 1. The first-order valence-corrected chi connectivity index (χ1v) is 9.20. The van der Waals surface area contributed by atoms with Gasteiger partial charge in [0.1, 0.15) is 12.4 Å². The summed E-state index contributed by atoms with van der Waals surface area (Å²) >= 11 is 0. The maximum Gasteiger partial charge on any atom is 0.284 e.